The second kappa shape index (κ2) is 4.18. The van der Waals surface area contributed by atoms with Crippen LogP contribution in [0.1, 0.15) is 10.4 Å². The normalized spacial score (nSPS) is 13.2. The van der Waals surface area contributed by atoms with E-state index in [2.05, 4.69) is 15.9 Å². The molecule has 0 spiro atoms. The molecule has 3 heteroatoms. The highest BCUT2D eigenvalue weighted by atomic mass is 79.9. The first-order valence-corrected chi connectivity index (χ1v) is 7.17. The molecule has 0 atom stereocenters. The second-order valence-corrected chi connectivity index (χ2v) is 5.72. The van der Waals surface area contributed by atoms with Crippen molar-refractivity contribution < 1.29 is 4.79 Å². The molecule has 20 heavy (non-hydrogen) atoms. The van der Waals surface area contributed by atoms with Gasteiger partial charge >= 0.3 is 0 Å². The highest BCUT2D eigenvalue weighted by molar-refractivity contribution is 9.10. The molecule has 0 saturated heterocycles. The molecule has 0 radical (unpaired) electrons. The molecule has 0 saturated carbocycles. The molecule has 0 aromatic heterocycles. The Kier molecular flexibility index (Phi) is 2.44. The Labute approximate surface area is 124 Å². The predicted molar refractivity (Wildman–Crippen MR) is 84.6 cm³/mol. The molecule has 4 rings (SSSR count). The minimum absolute atomic E-state index is 0.0312. The van der Waals surface area contributed by atoms with Crippen LogP contribution in [0.3, 0.4) is 0 Å². The van der Waals surface area contributed by atoms with Gasteiger partial charge in [-0.05, 0) is 35.7 Å². The Bertz CT molecular complexity index is 842. The van der Waals surface area contributed by atoms with Crippen molar-refractivity contribution in [1.29, 1.82) is 0 Å². The lowest BCUT2D eigenvalue weighted by atomic mass is 10.1. The number of carbonyl (C=O) groups excluding carboxylic acids is 1. The zero-order chi connectivity index (χ0) is 13.7. The van der Waals surface area contributed by atoms with Gasteiger partial charge in [0, 0.05) is 15.5 Å². The average Bonchev–Trinajstić information content (AvgIpc) is 2.74. The third-order valence-electron chi connectivity index (χ3n) is 3.61. The maximum atomic E-state index is 12.7. The van der Waals surface area contributed by atoms with Crippen LogP contribution in [-0.4, -0.2) is 5.91 Å². The summed E-state index contributed by atoms with van der Waals surface area (Å²) < 4.78 is 0.931. The maximum Gasteiger partial charge on any atom is 0.263 e. The molecule has 3 aromatic carbocycles. The number of para-hydroxylation sites is 1. The van der Waals surface area contributed by atoms with Crippen LogP contribution >= 0.6 is 15.9 Å². The van der Waals surface area contributed by atoms with E-state index in [4.69, 9.17) is 0 Å². The summed E-state index contributed by atoms with van der Waals surface area (Å²) >= 11 is 3.48. The van der Waals surface area contributed by atoms with Gasteiger partial charge in [0.25, 0.3) is 5.91 Å². The van der Waals surface area contributed by atoms with E-state index in [0.29, 0.717) is 0 Å². The van der Waals surface area contributed by atoms with Crippen molar-refractivity contribution in [2.75, 3.05) is 4.90 Å². The molecule has 0 bridgehead atoms. The Morgan fingerprint density at radius 3 is 2.50 bits per heavy atom. The van der Waals surface area contributed by atoms with Crippen LogP contribution in [0.15, 0.2) is 65.1 Å². The van der Waals surface area contributed by atoms with Crippen LogP contribution in [0.4, 0.5) is 11.4 Å². The number of rotatable bonds is 1. The lowest BCUT2D eigenvalue weighted by Crippen LogP contribution is -2.20. The Hall–Kier alpha value is -2.13. The number of halogens is 1. The fourth-order valence-electron chi connectivity index (χ4n) is 2.79. The summed E-state index contributed by atoms with van der Waals surface area (Å²) in [7, 11) is 0. The van der Waals surface area contributed by atoms with Crippen molar-refractivity contribution in [3.8, 4) is 0 Å². The monoisotopic (exact) mass is 323 g/mol. The van der Waals surface area contributed by atoms with Crippen molar-refractivity contribution in [3.63, 3.8) is 0 Å². The van der Waals surface area contributed by atoms with E-state index in [0.717, 1.165) is 32.2 Å². The largest absolute Gasteiger partial charge is 0.276 e. The third kappa shape index (κ3) is 1.53. The van der Waals surface area contributed by atoms with Crippen LogP contribution in [0, 0.1) is 0 Å². The van der Waals surface area contributed by atoms with Crippen LogP contribution in [0.25, 0.3) is 10.8 Å². The fourth-order valence-corrected chi connectivity index (χ4v) is 3.27. The Morgan fingerprint density at radius 2 is 1.70 bits per heavy atom. The molecule has 2 nitrogen and oxygen atoms in total. The standard InChI is InChI=1S/C17H10BrNO/c18-12-9-11-5-4-8-15-16(11)14(10-12)17(20)19(15)13-6-2-1-3-7-13/h1-10H. The van der Waals surface area contributed by atoms with Gasteiger partial charge in [-0.1, -0.05) is 46.3 Å². The molecule has 3 aromatic rings. The molecule has 1 aliphatic rings. The predicted octanol–water partition coefficient (Wildman–Crippen LogP) is 4.89. The Morgan fingerprint density at radius 1 is 0.900 bits per heavy atom. The molecule has 1 aliphatic heterocycles. The van der Waals surface area contributed by atoms with Gasteiger partial charge in [-0.3, -0.25) is 9.69 Å². The van der Waals surface area contributed by atoms with Gasteiger partial charge in [0.15, 0.2) is 0 Å². The SMILES string of the molecule is O=C1c2cc(Br)cc3cccc(c23)N1c1ccccc1. The number of carbonyl (C=O) groups is 1. The zero-order valence-corrected chi connectivity index (χ0v) is 12.1. The van der Waals surface area contributed by atoms with Crippen LogP contribution < -0.4 is 4.90 Å². The first-order valence-electron chi connectivity index (χ1n) is 6.37. The van der Waals surface area contributed by atoms with Gasteiger partial charge in [-0.15, -0.1) is 0 Å². The maximum absolute atomic E-state index is 12.7. The number of hydrogen-bond donors (Lipinski definition) is 0. The summed E-state index contributed by atoms with van der Waals surface area (Å²) in [5.41, 5.74) is 2.62. The summed E-state index contributed by atoms with van der Waals surface area (Å²) in [6.07, 6.45) is 0. The first-order chi connectivity index (χ1) is 9.75. The summed E-state index contributed by atoms with van der Waals surface area (Å²) in [5.74, 6) is 0.0312. The third-order valence-corrected chi connectivity index (χ3v) is 4.07. The highest BCUT2D eigenvalue weighted by Crippen LogP contribution is 2.42. The molecule has 0 unspecified atom stereocenters. The van der Waals surface area contributed by atoms with Crippen molar-refractivity contribution in [1.82, 2.24) is 0 Å². The van der Waals surface area contributed by atoms with Crippen LogP contribution in [0.5, 0.6) is 0 Å². The smallest absolute Gasteiger partial charge is 0.263 e. The molecule has 0 aliphatic carbocycles. The van der Waals surface area contributed by atoms with Gasteiger partial charge < -0.3 is 0 Å². The fraction of sp³-hybridized carbons (Fsp3) is 0. The van der Waals surface area contributed by atoms with E-state index in [1.54, 1.807) is 4.90 Å². The first kappa shape index (κ1) is 11.7. The summed E-state index contributed by atoms with van der Waals surface area (Å²) in [5, 5.41) is 2.11. The topological polar surface area (TPSA) is 20.3 Å². The van der Waals surface area contributed by atoms with E-state index >= 15 is 0 Å². The molecule has 0 N–H and O–H groups in total. The number of amides is 1. The van der Waals surface area contributed by atoms with Crippen molar-refractivity contribution in [2.45, 2.75) is 0 Å². The van der Waals surface area contributed by atoms with Gasteiger partial charge in [0.1, 0.15) is 0 Å². The van der Waals surface area contributed by atoms with Crippen LogP contribution in [-0.2, 0) is 0 Å². The minimum Gasteiger partial charge on any atom is -0.276 e. The van der Waals surface area contributed by atoms with E-state index in [-0.39, 0.29) is 5.91 Å². The molecule has 0 fully saturated rings. The second-order valence-electron chi connectivity index (χ2n) is 4.80. The highest BCUT2D eigenvalue weighted by Gasteiger charge is 2.30. The number of hydrogen-bond acceptors (Lipinski definition) is 1. The quantitative estimate of drug-likeness (QED) is 0.624. The molecular formula is C17H10BrNO. The summed E-state index contributed by atoms with van der Waals surface area (Å²) in [6, 6.07) is 19.7. The van der Waals surface area contributed by atoms with Crippen molar-refractivity contribution in [2.24, 2.45) is 0 Å². The lowest BCUT2D eigenvalue weighted by molar-refractivity contribution is 0.100. The van der Waals surface area contributed by atoms with E-state index in [1.165, 1.54) is 0 Å². The number of benzene rings is 3. The van der Waals surface area contributed by atoms with Crippen molar-refractivity contribution >= 4 is 44.0 Å². The summed E-state index contributed by atoms with van der Waals surface area (Å²) in [4.78, 5) is 14.5. The van der Waals surface area contributed by atoms with Gasteiger partial charge in [-0.25, -0.2) is 0 Å². The number of nitrogens with zero attached hydrogens (tertiary/aromatic N) is 1. The average molecular weight is 324 g/mol. The van der Waals surface area contributed by atoms with E-state index in [1.807, 2.05) is 60.7 Å². The van der Waals surface area contributed by atoms with Gasteiger partial charge in [0.05, 0.1) is 11.3 Å². The van der Waals surface area contributed by atoms with Gasteiger partial charge in [0.2, 0.25) is 0 Å². The Balaban J connectivity index is 2.05. The molecule has 1 heterocycles. The lowest BCUT2D eigenvalue weighted by Gasteiger charge is -2.17. The van der Waals surface area contributed by atoms with Crippen LogP contribution in [0.2, 0.25) is 0 Å². The van der Waals surface area contributed by atoms with Gasteiger partial charge in [-0.2, -0.15) is 0 Å². The minimum atomic E-state index is 0.0312. The van der Waals surface area contributed by atoms with Crippen molar-refractivity contribution in [3.05, 3.63) is 70.7 Å². The number of anilines is 2. The molecule has 96 valence electrons. The summed E-state index contributed by atoms with van der Waals surface area (Å²) in [6.45, 7) is 0. The van der Waals surface area contributed by atoms with E-state index in [9.17, 15) is 4.79 Å². The zero-order valence-electron chi connectivity index (χ0n) is 10.5. The molecular weight excluding hydrogens is 314 g/mol. The van der Waals surface area contributed by atoms with E-state index < -0.39 is 0 Å². The molecule has 1 amide bonds.